The Bertz CT molecular complexity index is 822. The lowest BCUT2D eigenvalue weighted by atomic mass is 9.94. The summed E-state index contributed by atoms with van der Waals surface area (Å²) in [6.07, 6.45) is 0.0816. The third-order valence-corrected chi connectivity index (χ3v) is 4.13. The fourth-order valence-electron chi connectivity index (χ4n) is 2.73. The molecular weight excluding hydrogens is 324 g/mol. The Morgan fingerprint density at radius 1 is 1.22 bits per heavy atom. The van der Waals surface area contributed by atoms with Crippen LogP contribution in [0.4, 0.5) is 14.5 Å². The van der Waals surface area contributed by atoms with Crippen molar-refractivity contribution in [2.45, 2.75) is 19.4 Å². The molecule has 2 aromatic rings. The van der Waals surface area contributed by atoms with Gasteiger partial charge in [0, 0.05) is 23.6 Å². The molecule has 1 heterocycles. The lowest BCUT2D eigenvalue weighted by Crippen LogP contribution is -2.44. The normalized spacial score (nSPS) is 17.1. The number of rotatable bonds is 1. The van der Waals surface area contributed by atoms with Gasteiger partial charge in [-0.3, -0.25) is 9.59 Å². The highest BCUT2D eigenvalue weighted by molar-refractivity contribution is 6.30. The highest BCUT2D eigenvalue weighted by Gasteiger charge is 2.33. The molecular formula is C17H12ClF2NO2. The number of nitrogens with zero attached hydrogens (tertiary/aromatic N) is 1. The summed E-state index contributed by atoms with van der Waals surface area (Å²) >= 11 is 5.63. The van der Waals surface area contributed by atoms with Gasteiger partial charge in [0.25, 0.3) is 5.91 Å². The minimum Gasteiger partial charge on any atom is -0.304 e. The molecule has 0 saturated carbocycles. The molecule has 6 heteroatoms. The summed E-state index contributed by atoms with van der Waals surface area (Å²) in [5, 5.41) is -0.0779. The van der Waals surface area contributed by atoms with Crippen LogP contribution in [0.25, 0.3) is 0 Å². The number of fused-ring (bicyclic) bond motifs is 1. The van der Waals surface area contributed by atoms with Crippen molar-refractivity contribution in [3.63, 3.8) is 0 Å². The Balaban J connectivity index is 2.08. The lowest BCUT2D eigenvalue weighted by Gasteiger charge is -2.34. The molecule has 0 aromatic heterocycles. The van der Waals surface area contributed by atoms with Crippen molar-refractivity contribution >= 4 is 29.0 Å². The molecule has 1 atom stereocenters. The van der Waals surface area contributed by atoms with Gasteiger partial charge < -0.3 is 4.90 Å². The molecule has 0 saturated heterocycles. The number of carbonyl (C=O) groups excluding carboxylic acids is 2. The van der Waals surface area contributed by atoms with Crippen molar-refractivity contribution in [1.82, 2.24) is 0 Å². The SMILES string of the molecule is CC1CC(=O)c2cc(F)ccc2N1C(=O)c1ccc(Cl)c(F)c1. The number of halogens is 3. The molecule has 1 amide bonds. The van der Waals surface area contributed by atoms with Gasteiger partial charge in [0.1, 0.15) is 11.6 Å². The van der Waals surface area contributed by atoms with Gasteiger partial charge in [-0.15, -0.1) is 0 Å². The minimum atomic E-state index is -0.697. The van der Waals surface area contributed by atoms with Crippen LogP contribution in [0.1, 0.15) is 34.1 Å². The lowest BCUT2D eigenvalue weighted by molar-refractivity contribution is 0.0936. The van der Waals surface area contributed by atoms with E-state index < -0.39 is 23.6 Å². The Kier molecular flexibility index (Phi) is 3.90. The number of carbonyl (C=O) groups is 2. The quantitative estimate of drug-likeness (QED) is 0.781. The van der Waals surface area contributed by atoms with Crippen LogP contribution in [0.15, 0.2) is 36.4 Å². The van der Waals surface area contributed by atoms with Gasteiger partial charge in [-0.25, -0.2) is 8.78 Å². The van der Waals surface area contributed by atoms with E-state index in [1.54, 1.807) is 6.92 Å². The topological polar surface area (TPSA) is 37.4 Å². The molecule has 0 bridgehead atoms. The predicted octanol–water partition coefficient (Wildman–Crippen LogP) is 4.24. The fourth-order valence-corrected chi connectivity index (χ4v) is 2.84. The van der Waals surface area contributed by atoms with Crippen LogP contribution in [0, 0.1) is 11.6 Å². The Morgan fingerprint density at radius 3 is 2.65 bits per heavy atom. The number of Topliss-reactive ketones (excluding diaryl/α,β-unsaturated/α-hetero) is 1. The molecule has 3 nitrogen and oxygen atoms in total. The summed E-state index contributed by atoms with van der Waals surface area (Å²) < 4.78 is 27.0. The average Bonchev–Trinajstić information content (AvgIpc) is 2.50. The summed E-state index contributed by atoms with van der Waals surface area (Å²) in [6.45, 7) is 1.72. The zero-order valence-corrected chi connectivity index (χ0v) is 12.9. The summed E-state index contributed by atoms with van der Waals surface area (Å²) in [7, 11) is 0. The number of anilines is 1. The highest BCUT2D eigenvalue weighted by Crippen LogP contribution is 2.32. The molecule has 1 aliphatic heterocycles. The van der Waals surface area contributed by atoms with Gasteiger partial charge in [-0.05, 0) is 43.3 Å². The van der Waals surface area contributed by atoms with Crippen molar-refractivity contribution in [3.8, 4) is 0 Å². The first-order valence-electron chi connectivity index (χ1n) is 7.00. The number of hydrogen-bond acceptors (Lipinski definition) is 2. The van der Waals surface area contributed by atoms with E-state index in [-0.39, 0.29) is 28.4 Å². The summed E-state index contributed by atoms with van der Waals surface area (Å²) in [4.78, 5) is 26.2. The molecule has 0 radical (unpaired) electrons. The molecule has 118 valence electrons. The van der Waals surface area contributed by atoms with Gasteiger partial charge >= 0.3 is 0 Å². The van der Waals surface area contributed by atoms with E-state index in [2.05, 4.69) is 0 Å². The number of ketones is 1. The van der Waals surface area contributed by atoms with E-state index >= 15 is 0 Å². The van der Waals surface area contributed by atoms with E-state index in [1.807, 2.05) is 0 Å². The van der Waals surface area contributed by atoms with E-state index in [9.17, 15) is 18.4 Å². The van der Waals surface area contributed by atoms with Gasteiger partial charge in [-0.2, -0.15) is 0 Å². The molecule has 1 unspecified atom stereocenters. The molecule has 0 N–H and O–H groups in total. The second-order valence-corrected chi connectivity index (χ2v) is 5.85. The first-order valence-corrected chi connectivity index (χ1v) is 7.37. The third kappa shape index (κ3) is 2.72. The van der Waals surface area contributed by atoms with Crippen molar-refractivity contribution in [1.29, 1.82) is 0 Å². The zero-order chi connectivity index (χ0) is 16.7. The molecule has 1 aliphatic rings. The Labute approximate surface area is 136 Å². The van der Waals surface area contributed by atoms with E-state index in [0.29, 0.717) is 5.69 Å². The predicted molar refractivity (Wildman–Crippen MR) is 83.0 cm³/mol. The molecule has 0 spiro atoms. The smallest absolute Gasteiger partial charge is 0.258 e. The van der Waals surface area contributed by atoms with Crippen LogP contribution >= 0.6 is 11.6 Å². The highest BCUT2D eigenvalue weighted by atomic mass is 35.5. The van der Waals surface area contributed by atoms with Gasteiger partial charge in [0.15, 0.2) is 5.78 Å². The molecule has 23 heavy (non-hydrogen) atoms. The van der Waals surface area contributed by atoms with Crippen molar-refractivity contribution in [3.05, 3.63) is 64.2 Å². The van der Waals surface area contributed by atoms with Crippen molar-refractivity contribution in [2.24, 2.45) is 0 Å². The largest absolute Gasteiger partial charge is 0.304 e. The second kappa shape index (κ2) is 5.74. The van der Waals surface area contributed by atoms with Crippen LogP contribution in [0.2, 0.25) is 5.02 Å². The summed E-state index contributed by atoms with van der Waals surface area (Å²) in [5.41, 5.74) is 0.602. The number of benzene rings is 2. The molecule has 3 rings (SSSR count). The van der Waals surface area contributed by atoms with Crippen LogP contribution in [0.3, 0.4) is 0 Å². The maximum Gasteiger partial charge on any atom is 0.258 e. The second-order valence-electron chi connectivity index (χ2n) is 5.44. The zero-order valence-electron chi connectivity index (χ0n) is 12.1. The molecule has 0 fully saturated rings. The first-order chi connectivity index (χ1) is 10.9. The molecule has 0 aliphatic carbocycles. The van der Waals surface area contributed by atoms with Crippen LogP contribution in [-0.4, -0.2) is 17.7 Å². The van der Waals surface area contributed by atoms with Crippen molar-refractivity contribution in [2.75, 3.05) is 4.90 Å². The Morgan fingerprint density at radius 2 is 1.96 bits per heavy atom. The van der Waals surface area contributed by atoms with Gasteiger partial charge in [-0.1, -0.05) is 11.6 Å². The summed E-state index contributed by atoms with van der Waals surface area (Å²) in [5.74, 6) is -1.93. The molecule has 2 aromatic carbocycles. The fraction of sp³-hybridized carbons (Fsp3) is 0.176. The first kappa shape index (κ1) is 15.6. The van der Waals surface area contributed by atoms with Crippen LogP contribution in [0.5, 0.6) is 0 Å². The number of amides is 1. The van der Waals surface area contributed by atoms with E-state index in [4.69, 9.17) is 11.6 Å². The number of hydrogen-bond donors (Lipinski definition) is 0. The Hall–Kier alpha value is -2.27. The van der Waals surface area contributed by atoms with Gasteiger partial charge in [0.05, 0.1) is 10.7 Å². The monoisotopic (exact) mass is 335 g/mol. The van der Waals surface area contributed by atoms with Crippen molar-refractivity contribution < 1.29 is 18.4 Å². The van der Waals surface area contributed by atoms with E-state index in [1.165, 1.54) is 29.2 Å². The summed E-state index contributed by atoms with van der Waals surface area (Å²) in [6, 6.07) is 7.06. The minimum absolute atomic E-state index is 0.0779. The van der Waals surface area contributed by atoms with Crippen LogP contribution < -0.4 is 4.90 Å². The maximum atomic E-state index is 13.6. The standard InChI is InChI=1S/C17H12ClF2NO2/c1-9-6-16(22)12-8-11(19)3-5-15(12)21(9)17(23)10-2-4-13(18)14(20)7-10/h2-5,7-9H,6H2,1H3. The average molecular weight is 336 g/mol. The van der Waals surface area contributed by atoms with Crippen LogP contribution in [-0.2, 0) is 0 Å². The van der Waals surface area contributed by atoms with Gasteiger partial charge in [0.2, 0.25) is 0 Å². The van der Waals surface area contributed by atoms with E-state index in [0.717, 1.165) is 12.1 Å². The third-order valence-electron chi connectivity index (χ3n) is 3.83. The maximum absolute atomic E-state index is 13.6.